The van der Waals surface area contributed by atoms with Gasteiger partial charge >= 0.3 is 0 Å². The van der Waals surface area contributed by atoms with Crippen LogP contribution in [0.2, 0.25) is 0 Å². The van der Waals surface area contributed by atoms with E-state index in [4.69, 9.17) is 0 Å². The minimum Gasteiger partial charge on any atom is -0.513 e. The number of rotatable bonds is 4. The summed E-state index contributed by atoms with van der Waals surface area (Å²) in [5.41, 5.74) is 1.98. The van der Waals surface area contributed by atoms with Gasteiger partial charge in [-0.05, 0) is 48.9 Å². The molecule has 1 N–H and O–H groups in total. The molecule has 0 fully saturated rings. The van der Waals surface area contributed by atoms with E-state index in [0.29, 0.717) is 17.5 Å². The van der Waals surface area contributed by atoms with Crippen molar-refractivity contribution in [3.8, 4) is 0 Å². The molecule has 0 atom stereocenters. The Labute approximate surface area is 131 Å². The smallest absolute Gasteiger partial charge is 0.216 e. The minimum atomic E-state index is -0.388. The summed E-state index contributed by atoms with van der Waals surface area (Å²) in [6.45, 7) is 1.94. The van der Waals surface area contributed by atoms with Gasteiger partial charge in [0, 0.05) is 10.0 Å². The van der Waals surface area contributed by atoms with E-state index in [2.05, 4.69) is 26.2 Å². The highest BCUT2D eigenvalue weighted by Gasteiger charge is 2.12. The molecule has 0 amide bonds. The van der Waals surface area contributed by atoms with Gasteiger partial charge in [-0.3, -0.25) is 4.79 Å². The highest BCUT2D eigenvalue weighted by molar-refractivity contribution is 9.10. The number of aliphatic hydroxyl groups excluding tert-OH is 1. The zero-order valence-electron chi connectivity index (χ0n) is 11.3. The zero-order valence-corrected chi connectivity index (χ0v) is 12.9. The number of Topliss-reactive ketones (excluding diaryl/α,β-unsaturated/α-hetero) is 1. The van der Waals surface area contributed by atoms with Crippen LogP contribution in [0.3, 0.4) is 0 Å². The molecule has 5 heteroatoms. The van der Waals surface area contributed by atoms with E-state index in [1.165, 1.54) is 0 Å². The van der Waals surface area contributed by atoms with Crippen molar-refractivity contribution in [3.05, 3.63) is 76.1 Å². The lowest BCUT2D eigenvalue weighted by Crippen LogP contribution is -2.01. The lowest BCUT2D eigenvalue weighted by Gasteiger charge is -2.00. The van der Waals surface area contributed by atoms with E-state index in [0.717, 1.165) is 10.0 Å². The third-order valence-corrected chi connectivity index (χ3v) is 3.26. The van der Waals surface area contributed by atoms with Gasteiger partial charge in [0.1, 0.15) is 6.26 Å². The first-order valence-electron chi connectivity index (χ1n) is 6.23. The predicted molar refractivity (Wildman–Crippen MR) is 84.9 cm³/mol. The number of aliphatic hydroxyl groups is 1. The fourth-order valence-corrected chi connectivity index (χ4v) is 1.95. The van der Waals surface area contributed by atoms with Gasteiger partial charge < -0.3 is 5.11 Å². The molecule has 2 aromatic rings. The number of halogens is 1. The molecular formula is C16H13BrN2O2. The molecule has 0 saturated heterocycles. The number of aryl methyl sites for hydroxylation is 1. The number of hydrogen-bond donors (Lipinski definition) is 1. The van der Waals surface area contributed by atoms with Crippen molar-refractivity contribution in [1.82, 2.24) is 0 Å². The Kier molecular flexibility index (Phi) is 5.00. The van der Waals surface area contributed by atoms with Crippen LogP contribution in [0, 0.1) is 6.92 Å². The van der Waals surface area contributed by atoms with Crippen LogP contribution in [0.15, 0.2) is 75.2 Å². The maximum Gasteiger partial charge on any atom is 0.216 e. The molecule has 0 aliphatic rings. The van der Waals surface area contributed by atoms with Crippen LogP contribution in [0.5, 0.6) is 0 Å². The summed E-state index contributed by atoms with van der Waals surface area (Å²) in [5.74, 6) is -0.388. The molecule has 0 heterocycles. The second-order valence-corrected chi connectivity index (χ2v) is 5.31. The quantitative estimate of drug-likeness (QED) is 0.362. The third kappa shape index (κ3) is 4.10. The van der Waals surface area contributed by atoms with Crippen LogP contribution in [0.25, 0.3) is 0 Å². The number of benzene rings is 2. The molecule has 0 radical (unpaired) electrons. The molecule has 2 rings (SSSR count). The summed E-state index contributed by atoms with van der Waals surface area (Å²) in [5, 5.41) is 17.0. The number of azo groups is 1. The van der Waals surface area contributed by atoms with Gasteiger partial charge in [0.05, 0.1) is 5.69 Å². The molecule has 0 bridgehead atoms. The summed E-state index contributed by atoms with van der Waals surface area (Å²) in [4.78, 5) is 12.2. The molecule has 0 aliphatic carbocycles. The maximum absolute atomic E-state index is 12.2. The molecule has 21 heavy (non-hydrogen) atoms. The lowest BCUT2D eigenvalue weighted by molar-refractivity contribution is 0.102. The molecule has 4 nitrogen and oxygen atoms in total. The van der Waals surface area contributed by atoms with Gasteiger partial charge in [0.25, 0.3) is 0 Å². The number of carbonyl (C=O) groups is 1. The van der Waals surface area contributed by atoms with Crippen molar-refractivity contribution in [2.75, 3.05) is 0 Å². The average molecular weight is 345 g/mol. The number of carbonyl (C=O) groups excluding carboxylic acids is 1. The second-order valence-electron chi connectivity index (χ2n) is 4.39. The summed E-state index contributed by atoms with van der Waals surface area (Å²) in [6.07, 6.45) is 0.670. The second kappa shape index (κ2) is 6.95. The van der Waals surface area contributed by atoms with E-state index in [9.17, 15) is 9.90 Å². The standard InChI is InChI=1S/C16H13BrN2O2/c1-11-3-2-4-14(9-11)18-19-15(10-20)16(21)12-5-7-13(17)8-6-12/h2-10,20H,1H3. The highest BCUT2D eigenvalue weighted by atomic mass is 79.9. The van der Waals surface area contributed by atoms with E-state index in [-0.39, 0.29) is 11.5 Å². The molecule has 0 spiro atoms. The van der Waals surface area contributed by atoms with Gasteiger partial charge in [-0.25, -0.2) is 0 Å². The Hall–Kier alpha value is -2.27. The molecular weight excluding hydrogens is 332 g/mol. The van der Waals surface area contributed by atoms with E-state index in [1.54, 1.807) is 30.3 Å². The first kappa shape index (κ1) is 15.1. The minimum absolute atomic E-state index is 0.112. The normalized spacial score (nSPS) is 11.8. The Balaban J connectivity index is 2.20. The van der Waals surface area contributed by atoms with Crippen molar-refractivity contribution in [1.29, 1.82) is 0 Å². The van der Waals surface area contributed by atoms with Crippen molar-refractivity contribution in [3.63, 3.8) is 0 Å². The zero-order chi connectivity index (χ0) is 15.2. The fourth-order valence-electron chi connectivity index (χ4n) is 1.68. The lowest BCUT2D eigenvalue weighted by atomic mass is 10.1. The molecule has 2 aromatic carbocycles. The third-order valence-electron chi connectivity index (χ3n) is 2.74. The predicted octanol–water partition coefficient (Wildman–Crippen LogP) is 5.12. The summed E-state index contributed by atoms with van der Waals surface area (Å²) >= 11 is 3.30. The van der Waals surface area contributed by atoms with Crippen LogP contribution >= 0.6 is 15.9 Å². The first-order valence-corrected chi connectivity index (χ1v) is 7.02. The Morgan fingerprint density at radius 1 is 1.19 bits per heavy atom. The molecule has 0 saturated carbocycles. The van der Waals surface area contributed by atoms with Gasteiger partial charge in [-0.1, -0.05) is 28.1 Å². The van der Waals surface area contributed by atoms with Gasteiger partial charge in [-0.15, -0.1) is 5.11 Å². The maximum atomic E-state index is 12.2. The van der Waals surface area contributed by atoms with Gasteiger partial charge in [-0.2, -0.15) is 5.11 Å². The topological polar surface area (TPSA) is 62.0 Å². The Morgan fingerprint density at radius 2 is 1.90 bits per heavy atom. The van der Waals surface area contributed by atoms with Crippen molar-refractivity contribution >= 4 is 27.4 Å². The van der Waals surface area contributed by atoms with E-state index < -0.39 is 0 Å². The summed E-state index contributed by atoms with van der Waals surface area (Å²) < 4.78 is 0.870. The molecule has 0 aromatic heterocycles. The van der Waals surface area contributed by atoms with Crippen LogP contribution in [0.4, 0.5) is 5.69 Å². The Bertz CT molecular complexity index is 706. The highest BCUT2D eigenvalue weighted by Crippen LogP contribution is 2.18. The number of nitrogens with zero attached hydrogens (tertiary/aromatic N) is 2. The summed E-state index contributed by atoms with van der Waals surface area (Å²) in [6, 6.07) is 14.2. The van der Waals surface area contributed by atoms with Crippen LogP contribution in [-0.2, 0) is 0 Å². The van der Waals surface area contributed by atoms with Crippen molar-refractivity contribution in [2.45, 2.75) is 6.92 Å². The van der Waals surface area contributed by atoms with Crippen LogP contribution in [-0.4, -0.2) is 10.9 Å². The Morgan fingerprint density at radius 3 is 2.52 bits per heavy atom. The SMILES string of the molecule is Cc1cccc(N=NC(=CO)C(=O)c2ccc(Br)cc2)c1. The average Bonchev–Trinajstić information content (AvgIpc) is 2.48. The van der Waals surface area contributed by atoms with Crippen LogP contribution in [0.1, 0.15) is 15.9 Å². The number of ketones is 1. The fraction of sp³-hybridized carbons (Fsp3) is 0.0625. The largest absolute Gasteiger partial charge is 0.513 e. The monoisotopic (exact) mass is 344 g/mol. The first-order chi connectivity index (χ1) is 10.1. The molecule has 0 unspecified atom stereocenters. The molecule has 0 aliphatic heterocycles. The van der Waals surface area contributed by atoms with Crippen molar-refractivity contribution in [2.24, 2.45) is 10.2 Å². The number of allylic oxidation sites excluding steroid dienone is 1. The van der Waals surface area contributed by atoms with E-state index >= 15 is 0 Å². The molecule has 106 valence electrons. The van der Waals surface area contributed by atoms with E-state index in [1.807, 2.05) is 25.1 Å². The van der Waals surface area contributed by atoms with Crippen LogP contribution < -0.4 is 0 Å². The van der Waals surface area contributed by atoms with Crippen molar-refractivity contribution < 1.29 is 9.90 Å². The van der Waals surface area contributed by atoms with Gasteiger partial charge in [0.2, 0.25) is 5.78 Å². The summed E-state index contributed by atoms with van der Waals surface area (Å²) in [7, 11) is 0. The van der Waals surface area contributed by atoms with Gasteiger partial charge in [0.15, 0.2) is 5.70 Å². The number of hydrogen-bond acceptors (Lipinski definition) is 4.